The van der Waals surface area contributed by atoms with Crippen LogP contribution in [0.5, 0.6) is 0 Å². The van der Waals surface area contributed by atoms with Gasteiger partial charge in [-0.1, -0.05) is 20.8 Å². The molecule has 1 rings (SSSR count). The molecule has 0 radical (unpaired) electrons. The van der Waals surface area contributed by atoms with Gasteiger partial charge in [0.05, 0.1) is 16.8 Å². The van der Waals surface area contributed by atoms with Crippen molar-refractivity contribution in [3.63, 3.8) is 0 Å². The van der Waals surface area contributed by atoms with Crippen LogP contribution < -0.4 is 5.32 Å². The van der Waals surface area contributed by atoms with Crippen molar-refractivity contribution in [2.45, 2.75) is 52.1 Å². The van der Waals surface area contributed by atoms with Crippen LogP contribution in [0.4, 0.5) is 0 Å². The number of aromatic nitrogens is 1. The maximum Gasteiger partial charge on any atom is 0.263 e. The van der Waals surface area contributed by atoms with Crippen molar-refractivity contribution in [1.29, 1.82) is 0 Å². The van der Waals surface area contributed by atoms with E-state index in [4.69, 9.17) is 0 Å². The van der Waals surface area contributed by atoms with Crippen LogP contribution in [-0.4, -0.2) is 28.1 Å². The largest absolute Gasteiger partial charge is 0.388 e. The van der Waals surface area contributed by atoms with E-state index in [2.05, 4.69) is 17.2 Å². The average Bonchev–Trinajstić information content (AvgIpc) is 2.85. The highest BCUT2D eigenvalue weighted by molar-refractivity contribution is 7.13. The lowest BCUT2D eigenvalue weighted by molar-refractivity contribution is 0.0314. The highest BCUT2D eigenvalue weighted by Gasteiger charge is 2.23. The minimum atomic E-state index is -0.799. The third-order valence-electron chi connectivity index (χ3n) is 3.14. The van der Waals surface area contributed by atoms with Gasteiger partial charge in [-0.05, 0) is 25.7 Å². The van der Waals surface area contributed by atoms with Crippen LogP contribution in [0, 0.1) is 0 Å². The fourth-order valence-electron chi connectivity index (χ4n) is 1.58. The molecule has 5 heteroatoms. The van der Waals surface area contributed by atoms with Crippen molar-refractivity contribution >= 4 is 17.2 Å². The molecule has 0 aliphatic carbocycles. The lowest BCUT2D eigenvalue weighted by atomic mass is 9.98. The summed E-state index contributed by atoms with van der Waals surface area (Å²) in [4.78, 5) is 16.7. The highest BCUT2D eigenvalue weighted by atomic mass is 32.1. The summed E-state index contributed by atoms with van der Waals surface area (Å²) in [5, 5.41) is 13.9. The molecule has 1 amide bonds. The van der Waals surface area contributed by atoms with E-state index in [-0.39, 0.29) is 5.91 Å². The summed E-state index contributed by atoms with van der Waals surface area (Å²) in [6.45, 7) is 6.22. The predicted octanol–water partition coefficient (Wildman–Crippen LogP) is 2.38. The smallest absolute Gasteiger partial charge is 0.263 e. The summed E-state index contributed by atoms with van der Waals surface area (Å²) < 4.78 is 0. The third-order valence-corrected chi connectivity index (χ3v) is 4.19. The van der Waals surface area contributed by atoms with E-state index in [1.165, 1.54) is 11.3 Å². The molecule has 18 heavy (non-hydrogen) atoms. The predicted molar refractivity (Wildman–Crippen MR) is 74.0 cm³/mol. The van der Waals surface area contributed by atoms with Crippen molar-refractivity contribution in [1.82, 2.24) is 10.3 Å². The molecule has 0 fully saturated rings. The van der Waals surface area contributed by atoms with Crippen LogP contribution >= 0.6 is 11.3 Å². The van der Waals surface area contributed by atoms with Crippen LogP contribution in [0.15, 0.2) is 6.20 Å². The fraction of sp³-hybridized carbons (Fsp3) is 0.692. The number of rotatable bonds is 7. The van der Waals surface area contributed by atoms with E-state index in [1.807, 2.05) is 13.8 Å². The minimum Gasteiger partial charge on any atom is -0.388 e. The van der Waals surface area contributed by atoms with E-state index in [1.54, 1.807) is 6.20 Å². The molecule has 0 atom stereocenters. The van der Waals surface area contributed by atoms with E-state index in [0.29, 0.717) is 24.3 Å². The second kappa shape index (κ2) is 6.85. The molecule has 0 unspecified atom stereocenters. The number of carbonyl (C=O) groups is 1. The quantitative estimate of drug-likeness (QED) is 0.799. The number of aryl methyl sites for hydroxylation is 1. The molecule has 2 N–H and O–H groups in total. The minimum absolute atomic E-state index is 0.143. The first-order valence-corrected chi connectivity index (χ1v) is 7.31. The first-order chi connectivity index (χ1) is 8.54. The number of thiazole rings is 1. The normalized spacial score (nSPS) is 11.6. The molecule has 1 heterocycles. The Bertz CT molecular complexity index is 386. The van der Waals surface area contributed by atoms with Crippen molar-refractivity contribution < 1.29 is 9.90 Å². The van der Waals surface area contributed by atoms with Crippen molar-refractivity contribution in [2.75, 3.05) is 6.54 Å². The zero-order chi connectivity index (χ0) is 13.6. The van der Waals surface area contributed by atoms with E-state index in [9.17, 15) is 9.90 Å². The Kier molecular flexibility index (Phi) is 5.75. The zero-order valence-corrected chi connectivity index (χ0v) is 12.1. The van der Waals surface area contributed by atoms with Crippen molar-refractivity contribution in [3.05, 3.63) is 16.1 Å². The summed E-state index contributed by atoms with van der Waals surface area (Å²) in [5.74, 6) is -0.143. The Morgan fingerprint density at radius 3 is 2.67 bits per heavy atom. The number of carbonyl (C=O) groups excluding carboxylic acids is 1. The summed E-state index contributed by atoms with van der Waals surface area (Å²) in [6.07, 6.45) is 4.81. The molecule has 0 saturated heterocycles. The topological polar surface area (TPSA) is 62.2 Å². The molecule has 1 aromatic heterocycles. The van der Waals surface area contributed by atoms with Crippen LogP contribution in [0.2, 0.25) is 0 Å². The SMILES string of the molecule is CCCc1ncc(C(=O)NCC(O)(CC)CC)s1. The van der Waals surface area contributed by atoms with Gasteiger partial charge in [0.15, 0.2) is 0 Å². The molecule has 0 aromatic carbocycles. The van der Waals surface area contributed by atoms with Gasteiger partial charge in [0.1, 0.15) is 4.88 Å². The van der Waals surface area contributed by atoms with Crippen LogP contribution in [0.3, 0.4) is 0 Å². The Morgan fingerprint density at radius 2 is 2.11 bits per heavy atom. The number of hydrogen-bond donors (Lipinski definition) is 2. The number of nitrogens with one attached hydrogen (secondary N) is 1. The Labute approximate surface area is 112 Å². The molecular weight excluding hydrogens is 248 g/mol. The second-order valence-corrected chi connectivity index (χ2v) is 5.60. The van der Waals surface area contributed by atoms with Gasteiger partial charge in [-0.25, -0.2) is 4.98 Å². The molecule has 0 spiro atoms. The summed E-state index contributed by atoms with van der Waals surface area (Å²) >= 11 is 1.43. The molecule has 0 saturated carbocycles. The lowest BCUT2D eigenvalue weighted by Crippen LogP contribution is -2.41. The molecule has 0 aliphatic heterocycles. The number of nitrogens with zero attached hydrogens (tertiary/aromatic N) is 1. The van der Waals surface area contributed by atoms with Crippen LogP contribution in [0.1, 0.15) is 54.7 Å². The molecular formula is C13H22N2O2S. The van der Waals surface area contributed by atoms with E-state index >= 15 is 0 Å². The monoisotopic (exact) mass is 270 g/mol. The Balaban J connectivity index is 2.54. The Morgan fingerprint density at radius 1 is 1.44 bits per heavy atom. The van der Waals surface area contributed by atoms with E-state index in [0.717, 1.165) is 17.8 Å². The second-order valence-electron chi connectivity index (χ2n) is 4.48. The number of amides is 1. The number of aliphatic hydroxyl groups is 1. The van der Waals surface area contributed by atoms with Crippen molar-refractivity contribution in [3.8, 4) is 0 Å². The zero-order valence-electron chi connectivity index (χ0n) is 11.3. The molecule has 0 aliphatic rings. The third kappa shape index (κ3) is 4.07. The van der Waals surface area contributed by atoms with Gasteiger partial charge in [0, 0.05) is 6.54 Å². The maximum absolute atomic E-state index is 11.9. The lowest BCUT2D eigenvalue weighted by Gasteiger charge is -2.25. The first-order valence-electron chi connectivity index (χ1n) is 6.50. The van der Waals surface area contributed by atoms with Gasteiger partial charge in [0.2, 0.25) is 0 Å². The first kappa shape index (κ1) is 15.1. The molecule has 1 aromatic rings. The number of hydrogen-bond acceptors (Lipinski definition) is 4. The van der Waals surface area contributed by atoms with E-state index < -0.39 is 5.60 Å². The van der Waals surface area contributed by atoms with Gasteiger partial charge < -0.3 is 10.4 Å². The van der Waals surface area contributed by atoms with Gasteiger partial charge in [-0.15, -0.1) is 11.3 Å². The van der Waals surface area contributed by atoms with Crippen LogP contribution in [-0.2, 0) is 6.42 Å². The standard InChI is InChI=1S/C13H22N2O2S/c1-4-7-11-14-8-10(18-11)12(16)15-9-13(17,5-2)6-3/h8,17H,4-7,9H2,1-3H3,(H,15,16). The Hall–Kier alpha value is -0.940. The van der Waals surface area contributed by atoms with Gasteiger partial charge in [0.25, 0.3) is 5.91 Å². The molecule has 102 valence electrons. The highest BCUT2D eigenvalue weighted by Crippen LogP contribution is 2.16. The van der Waals surface area contributed by atoms with Gasteiger partial charge >= 0.3 is 0 Å². The summed E-state index contributed by atoms with van der Waals surface area (Å²) in [5.41, 5.74) is -0.799. The molecule has 4 nitrogen and oxygen atoms in total. The molecule has 0 bridgehead atoms. The van der Waals surface area contributed by atoms with Crippen molar-refractivity contribution in [2.24, 2.45) is 0 Å². The average molecular weight is 270 g/mol. The fourth-order valence-corrected chi connectivity index (χ4v) is 2.51. The summed E-state index contributed by atoms with van der Waals surface area (Å²) in [6, 6.07) is 0. The maximum atomic E-state index is 11.9. The van der Waals surface area contributed by atoms with Gasteiger partial charge in [-0.3, -0.25) is 4.79 Å². The van der Waals surface area contributed by atoms with Crippen LogP contribution in [0.25, 0.3) is 0 Å². The van der Waals surface area contributed by atoms with Gasteiger partial charge in [-0.2, -0.15) is 0 Å². The summed E-state index contributed by atoms with van der Waals surface area (Å²) in [7, 11) is 0.